The van der Waals surface area contributed by atoms with E-state index in [1.54, 1.807) is 6.20 Å². The Hall–Kier alpha value is -2.56. The summed E-state index contributed by atoms with van der Waals surface area (Å²) in [6, 6.07) is 11.8. The lowest BCUT2D eigenvalue weighted by molar-refractivity contribution is -0.131. The van der Waals surface area contributed by atoms with E-state index in [0.29, 0.717) is 19.5 Å². The number of pyridine rings is 1. The van der Waals surface area contributed by atoms with Crippen molar-refractivity contribution in [2.75, 3.05) is 13.3 Å². The molecule has 1 aliphatic rings. The molecule has 1 aliphatic heterocycles. The van der Waals surface area contributed by atoms with Gasteiger partial charge in [0.15, 0.2) is 11.5 Å². The van der Waals surface area contributed by atoms with Crippen molar-refractivity contribution < 1.29 is 14.3 Å². The lowest BCUT2D eigenvalue weighted by atomic mass is 10.1. The molecule has 3 rings (SSSR count). The fourth-order valence-electron chi connectivity index (χ4n) is 3.74. The summed E-state index contributed by atoms with van der Waals surface area (Å²) in [6.45, 7) is 3.75. The second-order valence-corrected chi connectivity index (χ2v) is 7.95. The Bertz CT molecular complexity index is 779. The van der Waals surface area contributed by atoms with Gasteiger partial charge in [0, 0.05) is 37.8 Å². The number of carbonyl (C=O) groups is 1. The molecule has 5 heteroatoms. The minimum Gasteiger partial charge on any atom is -0.454 e. The van der Waals surface area contributed by atoms with Gasteiger partial charge in [0.05, 0.1) is 0 Å². The van der Waals surface area contributed by atoms with Crippen LogP contribution in [0.5, 0.6) is 11.5 Å². The van der Waals surface area contributed by atoms with Gasteiger partial charge in [-0.25, -0.2) is 0 Å². The van der Waals surface area contributed by atoms with Gasteiger partial charge < -0.3 is 14.4 Å². The van der Waals surface area contributed by atoms with Gasteiger partial charge in [-0.3, -0.25) is 9.78 Å². The van der Waals surface area contributed by atoms with Crippen molar-refractivity contribution in [3.8, 4) is 11.5 Å². The molecule has 0 radical (unpaired) electrons. The first-order valence-corrected chi connectivity index (χ1v) is 11.3. The molecule has 0 bridgehead atoms. The van der Waals surface area contributed by atoms with Crippen molar-refractivity contribution in [3.63, 3.8) is 0 Å². The first-order valence-electron chi connectivity index (χ1n) is 11.3. The fourth-order valence-corrected chi connectivity index (χ4v) is 3.74. The molecule has 2 aromatic rings. The van der Waals surface area contributed by atoms with Crippen molar-refractivity contribution in [3.05, 3.63) is 53.9 Å². The molecular weight excluding hydrogens is 376 g/mol. The Morgan fingerprint density at radius 2 is 1.80 bits per heavy atom. The van der Waals surface area contributed by atoms with E-state index in [2.05, 4.69) is 11.9 Å². The highest BCUT2D eigenvalue weighted by atomic mass is 16.7. The van der Waals surface area contributed by atoms with Crippen LogP contribution in [0.1, 0.15) is 69.5 Å². The molecule has 1 aromatic heterocycles. The number of nitrogens with zero attached hydrogens (tertiary/aromatic N) is 2. The zero-order chi connectivity index (χ0) is 21.0. The smallest absolute Gasteiger partial charge is 0.231 e. The van der Waals surface area contributed by atoms with Crippen LogP contribution < -0.4 is 9.47 Å². The van der Waals surface area contributed by atoms with Gasteiger partial charge in [0.25, 0.3) is 0 Å². The van der Waals surface area contributed by atoms with E-state index in [9.17, 15) is 4.79 Å². The average Bonchev–Trinajstić information content (AvgIpc) is 3.24. The maximum Gasteiger partial charge on any atom is 0.231 e. The molecule has 0 spiro atoms. The monoisotopic (exact) mass is 410 g/mol. The van der Waals surface area contributed by atoms with Gasteiger partial charge in [0.2, 0.25) is 12.7 Å². The average molecular weight is 411 g/mol. The third kappa shape index (κ3) is 7.05. The zero-order valence-corrected chi connectivity index (χ0v) is 18.1. The van der Waals surface area contributed by atoms with Crippen molar-refractivity contribution in [2.24, 2.45) is 0 Å². The largest absolute Gasteiger partial charge is 0.454 e. The predicted octanol–water partition coefficient (Wildman–Crippen LogP) is 5.52. The molecule has 162 valence electrons. The van der Waals surface area contributed by atoms with Gasteiger partial charge >= 0.3 is 0 Å². The Morgan fingerprint density at radius 3 is 2.60 bits per heavy atom. The number of hydrogen-bond acceptors (Lipinski definition) is 4. The number of unbranched alkanes of at least 4 members (excludes halogenated alkanes) is 6. The van der Waals surface area contributed by atoms with Crippen molar-refractivity contribution >= 4 is 5.91 Å². The van der Waals surface area contributed by atoms with Crippen LogP contribution in [0.15, 0.2) is 42.6 Å². The summed E-state index contributed by atoms with van der Waals surface area (Å²) in [5.41, 5.74) is 2.07. The summed E-state index contributed by atoms with van der Waals surface area (Å²) in [6.07, 6.45) is 11.7. The van der Waals surface area contributed by atoms with Crippen LogP contribution in [0.4, 0.5) is 0 Å². The standard InChI is InChI=1S/C25H34N2O3/c1-2-3-4-5-6-7-8-12-25(28)27(17-15-22-11-9-10-16-26-22)19-21-13-14-23-24(18-21)30-20-29-23/h9-11,13-14,16,18H,2-8,12,15,17,19-20H2,1H3. The molecule has 0 atom stereocenters. The first kappa shape index (κ1) is 22.1. The highest BCUT2D eigenvalue weighted by molar-refractivity contribution is 5.76. The molecule has 1 amide bonds. The van der Waals surface area contributed by atoms with E-state index >= 15 is 0 Å². The maximum absolute atomic E-state index is 13.0. The van der Waals surface area contributed by atoms with E-state index in [1.165, 1.54) is 32.1 Å². The summed E-state index contributed by atoms with van der Waals surface area (Å²) in [4.78, 5) is 19.3. The Balaban J connectivity index is 1.53. The minimum absolute atomic E-state index is 0.220. The first-order chi connectivity index (χ1) is 14.8. The molecule has 0 saturated carbocycles. The molecule has 0 aliphatic carbocycles. The Labute approximate surface area is 180 Å². The van der Waals surface area contributed by atoms with E-state index < -0.39 is 0 Å². The molecule has 0 unspecified atom stereocenters. The van der Waals surface area contributed by atoms with Crippen LogP contribution in [0.2, 0.25) is 0 Å². The van der Waals surface area contributed by atoms with Crippen molar-refractivity contribution in [1.82, 2.24) is 9.88 Å². The van der Waals surface area contributed by atoms with E-state index in [-0.39, 0.29) is 12.7 Å². The van der Waals surface area contributed by atoms with Crippen molar-refractivity contribution in [2.45, 2.75) is 71.3 Å². The number of fused-ring (bicyclic) bond motifs is 1. The molecule has 2 heterocycles. The van der Waals surface area contributed by atoms with Gasteiger partial charge in [0.1, 0.15) is 0 Å². The van der Waals surface area contributed by atoms with E-state index in [4.69, 9.17) is 9.47 Å². The molecule has 30 heavy (non-hydrogen) atoms. The highest BCUT2D eigenvalue weighted by Gasteiger charge is 2.17. The second-order valence-electron chi connectivity index (χ2n) is 7.95. The highest BCUT2D eigenvalue weighted by Crippen LogP contribution is 2.32. The van der Waals surface area contributed by atoms with Gasteiger partial charge in [-0.05, 0) is 36.2 Å². The maximum atomic E-state index is 13.0. The van der Waals surface area contributed by atoms with Crippen molar-refractivity contribution in [1.29, 1.82) is 0 Å². The number of benzene rings is 1. The second kappa shape index (κ2) is 12.2. The van der Waals surface area contributed by atoms with Crippen LogP contribution in [0.3, 0.4) is 0 Å². The summed E-state index contributed by atoms with van der Waals surface area (Å²) in [7, 11) is 0. The number of amides is 1. The van der Waals surface area contributed by atoms with Crippen LogP contribution >= 0.6 is 0 Å². The minimum atomic E-state index is 0.220. The molecule has 5 nitrogen and oxygen atoms in total. The van der Waals surface area contributed by atoms with E-state index in [0.717, 1.165) is 42.0 Å². The zero-order valence-electron chi connectivity index (χ0n) is 18.1. The Kier molecular flexibility index (Phi) is 9.01. The summed E-state index contributed by atoms with van der Waals surface area (Å²) in [5.74, 6) is 1.75. The summed E-state index contributed by atoms with van der Waals surface area (Å²) < 4.78 is 10.9. The number of hydrogen-bond donors (Lipinski definition) is 0. The van der Waals surface area contributed by atoms with Crippen LogP contribution in [-0.4, -0.2) is 29.1 Å². The summed E-state index contributed by atoms with van der Waals surface area (Å²) in [5, 5.41) is 0. The number of aromatic nitrogens is 1. The number of rotatable bonds is 13. The van der Waals surface area contributed by atoms with Crippen LogP contribution in [-0.2, 0) is 17.8 Å². The Morgan fingerprint density at radius 1 is 1.00 bits per heavy atom. The van der Waals surface area contributed by atoms with Gasteiger partial charge in [-0.15, -0.1) is 0 Å². The number of carbonyl (C=O) groups excluding carboxylic acids is 1. The molecule has 0 N–H and O–H groups in total. The van der Waals surface area contributed by atoms with Crippen LogP contribution in [0, 0.1) is 0 Å². The molecular formula is C25H34N2O3. The lowest BCUT2D eigenvalue weighted by Gasteiger charge is -2.23. The third-order valence-electron chi connectivity index (χ3n) is 5.52. The van der Waals surface area contributed by atoms with E-state index in [1.807, 2.05) is 41.3 Å². The fraction of sp³-hybridized carbons (Fsp3) is 0.520. The SMILES string of the molecule is CCCCCCCCCC(=O)N(CCc1ccccn1)Cc1ccc2c(c1)OCO2. The van der Waals surface area contributed by atoms with Gasteiger partial charge in [-0.2, -0.15) is 0 Å². The topological polar surface area (TPSA) is 51.7 Å². The lowest BCUT2D eigenvalue weighted by Crippen LogP contribution is -2.32. The molecule has 0 fully saturated rings. The number of ether oxygens (including phenoxy) is 2. The third-order valence-corrected chi connectivity index (χ3v) is 5.52. The molecule has 1 aromatic carbocycles. The summed E-state index contributed by atoms with van der Waals surface area (Å²) >= 11 is 0. The molecule has 0 saturated heterocycles. The van der Waals surface area contributed by atoms with Crippen LogP contribution in [0.25, 0.3) is 0 Å². The van der Waals surface area contributed by atoms with Gasteiger partial charge in [-0.1, -0.05) is 57.6 Å². The normalized spacial score (nSPS) is 12.2. The quantitative estimate of drug-likeness (QED) is 0.408. The predicted molar refractivity (Wildman–Crippen MR) is 119 cm³/mol.